The van der Waals surface area contributed by atoms with Crippen molar-refractivity contribution in [1.82, 2.24) is 15.5 Å². The molecule has 1 atom stereocenters. The molecule has 15 heavy (non-hydrogen) atoms. The van der Waals surface area contributed by atoms with Gasteiger partial charge in [0.2, 0.25) is 11.0 Å². The van der Waals surface area contributed by atoms with Crippen LogP contribution in [0.5, 0.6) is 0 Å². The van der Waals surface area contributed by atoms with Crippen molar-refractivity contribution in [3.63, 3.8) is 0 Å². The summed E-state index contributed by atoms with van der Waals surface area (Å²) in [6, 6.07) is 0.241. The van der Waals surface area contributed by atoms with E-state index in [9.17, 15) is 4.79 Å². The lowest BCUT2D eigenvalue weighted by atomic mass is 10.3. The number of hydrogen-bond donors (Lipinski definition) is 1. The molecule has 2 rings (SSSR count). The Labute approximate surface area is 100 Å². The first-order valence-corrected chi connectivity index (χ1v) is 6.27. The highest BCUT2D eigenvalue weighted by atomic mass is 79.9. The van der Waals surface area contributed by atoms with Crippen LogP contribution in [0.1, 0.15) is 13.3 Å². The SMILES string of the molecule is CC(=O)N[C@@H]1CCN(c2nnc(Br)s2)C1. The van der Waals surface area contributed by atoms with Crippen LogP contribution in [0.4, 0.5) is 5.13 Å². The molecule has 0 unspecified atom stereocenters. The minimum Gasteiger partial charge on any atom is -0.352 e. The zero-order valence-corrected chi connectivity index (χ0v) is 10.6. The molecule has 5 nitrogen and oxygen atoms in total. The van der Waals surface area contributed by atoms with Gasteiger partial charge in [0.05, 0.1) is 0 Å². The molecule has 1 amide bonds. The van der Waals surface area contributed by atoms with Gasteiger partial charge >= 0.3 is 0 Å². The van der Waals surface area contributed by atoms with Gasteiger partial charge in [-0.15, -0.1) is 10.2 Å². The molecule has 0 saturated carbocycles. The number of hydrogen-bond acceptors (Lipinski definition) is 5. The predicted molar refractivity (Wildman–Crippen MR) is 62.0 cm³/mol. The van der Waals surface area contributed by atoms with Crippen molar-refractivity contribution in [3.05, 3.63) is 3.92 Å². The molecular weight excluding hydrogens is 280 g/mol. The number of carbonyl (C=O) groups excluding carboxylic acids is 1. The van der Waals surface area contributed by atoms with E-state index >= 15 is 0 Å². The highest BCUT2D eigenvalue weighted by molar-refractivity contribution is 9.11. The van der Waals surface area contributed by atoms with Crippen molar-refractivity contribution in [2.75, 3.05) is 18.0 Å². The zero-order valence-electron chi connectivity index (χ0n) is 8.23. The van der Waals surface area contributed by atoms with E-state index in [1.165, 1.54) is 11.3 Å². The van der Waals surface area contributed by atoms with Gasteiger partial charge in [-0.25, -0.2) is 0 Å². The average molecular weight is 291 g/mol. The number of carbonyl (C=O) groups is 1. The van der Waals surface area contributed by atoms with Gasteiger partial charge in [0.15, 0.2) is 3.92 Å². The molecule has 2 heterocycles. The number of nitrogens with zero attached hydrogens (tertiary/aromatic N) is 3. The minimum atomic E-state index is 0.0281. The number of rotatable bonds is 2. The smallest absolute Gasteiger partial charge is 0.217 e. The summed E-state index contributed by atoms with van der Waals surface area (Å²) in [5.41, 5.74) is 0. The van der Waals surface area contributed by atoms with Crippen LogP contribution >= 0.6 is 27.3 Å². The van der Waals surface area contributed by atoms with E-state index in [1.807, 2.05) is 0 Å². The van der Waals surface area contributed by atoms with Crippen LogP contribution in [0, 0.1) is 0 Å². The first kappa shape index (κ1) is 10.8. The van der Waals surface area contributed by atoms with Gasteiger partial charge in [-0.3, -0.25) is 4.79 Å². The lowest BCUT2D eigenvalue weighted by Crippen LogP contribution is -2.35. The van der Waals surface area contributed by atoms with Crippen molar-refractivity contribution in [2.24, 2.45) is 0 Å². The van der Waals surface area contributed by atoms with Gasteiger partial charge < -0.3 is 10.2 Å². The normalized spacial score (nSPS) is 20.7. The average Bonchev–Trinajstić information content (AvgIpc) is 2.72. The number of amides is 1. The monoisotopic (exact) mass is 290 g/mol. The highest BCUT2D eigenvalue weighted by Crippen LogP contribution is 2.26. The van der Waals surface area contributed by atoms with Gasteiger partial charge in [-0.1, -0.05) is 11.3 Å². The number of nitrogens with one attached hydrogen (secondary N) is 1. The first-order chi connectivity index (χ1) is 7.15. The number of aromatic nitrogens is 2. The van der Waals surface area contributed by atoms with Crippen molar-refractivity contribution < 1.29 is 4.79 Å². The largest absolute Gasteiger partial charge is 0.352 e. The Bertz CT molecular complexity index is 369. The van der Waals surface area contributed by atoms with Gasteiger partial charge in [-0.2, -0.15) is 0 Å². The molecule has 7 heteroatoms. The summed E-state index contributed by atoms with van der Waals surface area (Å²) < 4.78 is 0.792. The van der Waals surface area contributed by atoms with Crippen LogP contribution in [0.15, 0.2) is 3.92 Å². The molecule has 0 radical (unpaired) electrons. The van der Waals surface area contributed by atoms with E-state index in [2.05, 4.69) is 36.3 Å². The van der Waals surface area contributed by atoms with E-state index in [4.69, 9.17) is 0 Å². The van der Waals surface area contributed by atoms with Gasteiger partial charge in [0.1, 0.15) is 0 Å². The van der Waals surface area contributed by atoms with Crippen LogP contribution in [0.3, 0.4) is 0 Å². The molecule has 1 aromatic rings. The molecule has 1 saturated heterocycles. The van der Waals surface area contributed by atoms with Crippen molar-refractivity contribution in [1.29, 1.82) is 0 Å². The Kier molecular flexibility index (Phi) is 3.20. The Morgan fingerprint density at radius 1 is 1.67 bits per heavy atom. The van der Waals surface area contributed by atoms with E-state index in [0.29, 0.717) is 0 Å². The standard InChI is InChI=1S/C8H11BrN4OS/c1-5(14)10-6-2-3-13(4-6)8-12-11-7(9)15-8/h6H,2-4H2,1H3,(H,10,14)/t6-/m1/s1. The van der Waals surface area contributed by atoms with E-state index in [0.717, 1.165) is 28.6 Å². The third-order valence-electron chi connectivity index (χ3n) is 2.26. The van der Waals surface area contributed by atoms with E-state index < -0.39 is 0 Å². The molecule has 0 aromatic carbocycles. The Morgan fingerprint density at radius 3 is 3.07 bits per heavy atom. The molecule has 0 aliphatic carbocycles. The highest BCUT2D eigenvalue weighted by Gasteiger charge is 2.25. The number of anilines is 1. The summed E-state index contributed by atoms with van der Waals surface area (Å²) in [4.78, 5) is 13.0. The summed E-state index contributed by atoms with van der Waals surface area (Å²) in [7, 11) is 0. The predicted octanol–water partition coefficient (Wildman–Crippen LogP) is 1.02. The maximum Gasteiger partial charge on any atom is 0.217 e. The Morgan fingerprint density at radius 2 is 2.47 bits per heavy atom. The van der Waals surface area contributed by atoms with Gasteiger partial charge in [-0.05, 0) is 22.4 Å². The quantitative estimate of drug-likeness (QED) is 0.883. The Hall–Kier alpha value is -0.690. The second-order valence-electron chi connectivity index (χ2n) is 3.47. The van der Waals surface area contributed by atoms with Crippen LogP contribution in [0.2, 0.25) is 0 Å². The van der Waals surface area contributed by atoms with Crippen LogP contribution < -0.4 is 10.2 Å². The van der Waals surface area contributed by atoms with E-state index in [-0.39, 0.29) is 11.9 Å². The molecule has 1 aliphatic rings. The minimum absolute atomic E-state index is 0.0281. The second-order valence-corrected chi connectivity index (χ2v) is 5.70. The molecule has 0 bridgehead atoms. The summed E-state index contributed by atoms with van der Waals surface area (Å²) in [5, 5.41) is 11.8. The lowest BCUT2D eigenvalue weighted by molar-refractivity contribution is -0.119. The summed E-state index contributed by atoms with van der Waals surface area (Å²) in [6.07, 6.45) is 0.969. The topological polar surface area (TPSA) is 58.1 Å². The second kappa shape index (κ2) is 4.44. The number of halogens is 1. The molecular formula is C8H11BrN4OS. The molecule has 1 aromatic heterocycles. The van der Waals surface area contributed by atoms with Crippen molar-refractivity contribution >= 4 is 38.3 Å². The Balaban J connectivity index is 1.95. The first-order valence-electron chi connectivity index (χ1n) is 4.66. The fourth-order valence-electron chi connectivity index (χ4n) is 1.67. The summed E-state index contributed by atoms with van der Waals surface area (Å²) >= 11 is 4.80. The van der Waals surface area contributed by atoms with Gasteiger partial charge in [0.25, 0.3) is 0 Å². The maximum atomic E-state index is 10.9. The molecule has 82 valence electrons. The molecule has 1 N–H and O–H groups in total. The van der Waals surface area contributed by atoms with Crippen LogP contribution in [-0.2, 0) is 4.79 Å². The van der Waals surface area contributed by atoms with Crippen molar-refractivity contribution in [2.45, 2.75) is 19.4 Å². The molecule has 1 fully saturated rings. The maximum absolute atomic E-state index is 10.9. The fraction of sp³-hybridized carbons (Fsp3) is 0.625. The fourth-order valence-corrected chi connectivity index (χ4v) is 2.79. The van der Waals surface area contributed by atoms with Crippen LogP contribution in [-0.4, -0.2) is 35.2 Å². The molecule has 1 aliphatic heterocycles. The van der Waals surface area contributed by atoms with Crippen LogP contribution in [0.25, 0.3) is 0 Å². The summed E-state index contributed by atoms with van der Waals surface area (Å²) in [6.45, 7) is 3.29. The van der Waals surface area contributed by atoms with Gasteiger partial charge in [0, 0.05) is 26.1 Å². The third-order valence-corrected chi connectivity index (χ3v) is 3.67. The lowest BCUT2D eigenvalue weighted by Gasteiger charge is -2.14. The molecule has 0 spiro atoms. The van der Waals surface area contributed by atoms with Crippen molar-refractivity contribution in [3.8, 4) is 0 Å². The van der Waals surface area contributed by atoms with E-state index in [1.54, 1.807) is 6.92 Å². The summed E-state index contributed by atoms with van der Waals surface area (Å²) in [5.74, 6) is 0.0281. The third kappa shape index (κ3) is 2.66. The zero-order chi connectivity index (χ0) is 10.8.